The Hall–Kier alpha value is -1.95. The third kappa shape index (κ3) is 3.93. The molecule has 6 nitrogen and oxygen atoms in total. The highest BCUT2D eigenvalue weighted by atomic mass is 32.1. The van der Waals surface area contributed by atoms with Gasteiger partial charge in [-0.3, -0.25) is 9.55 Å². The van der Waals surface area contributed by atoms with E-state index in [0.717, 1.165) is 32.8 Å². The minimum atomic E-state index is -2.87. The van der Waals surface area contributed by atoms with Gasteiger partial charge in [0.1, 0.15) is 18.0 Å². The van der Waals surface area contributed by atoms with Gasteiger partial charge in [0.25, 0.3) is 0 Å². The van der Waals surface area contributed by atoms with Crippen LogP contribution in [-0.2, 0) is 9.09 Å². The van der Waals surface area contributed by atoms with Crippen LogP contribution in [0.4, 0.5) is 0 Å². The molecule has 1 saturated heterocycles. The van der Waals surface area contributed by atoms with Crippen molar-refractivity contribution in [2.45, 2.75) is 32.0 Å². The molecule has 2 unspecified atom stereocenters. The molecule has 0 spiro atoms. The summed E-state index contributed by atoms with van der Waals surface area (Å²) in [6.07, 6.45) is 4.63. The van der Waals surface area contributed by atoms with Gasteiger partial charge in [-0.05, 0) is 49.9 Å². The Morgan fingerprint density at radius 1 is 1.32 bits per heavy atom. The van der Waals surface area contributed by atoms with Gasteiger partial charge < -0.3 is 14.0 Å². The van der Waals surface area contributed by atoms with E-state index < -0.39 is 7.37 Å². The second-order valence-corrected chi connectivity index (χ2v) is 10.9. The number of thiophene rings is 1. The van der Waals surface area contributed by atoms with Crippen molar-refractivity contribution in [2.75, 3.05) is 19.9 Å². The van der Waals surface area contributed by atoms with Gasteiger partial charge in [0, 0.05) is 15.7 Å². The predicted molar refractivity (Wildman–Crippen MR) is 111 cm³/mol. The van der Waals surface area contributed by atoms with Crippen molar-refractivity contribution in [3.63, 3.8) is 0 Å². The molecule has 2 aromatic heterocycles. The summed E-state index contributed by atoms with van der Waals surface area (Å²) in [6, 6.07) is 8.04. The molecule has 1 aliphatic heterocycles. The fourth-order valence-electron chi connectivity index (χ4n) is 3.33. The van der Waals surface area contributed by atoms with Gasteiger partial charge in [-0.2, -0.15) is 0 Å². The Labute approximate surface area is 168 Å². The predicted octanol–water partition coefficient (Wildman–Crippen LogP) is 5.22. The number of aryl methyl sites for hydroxylation is 1. The van der Waals surface area contributed by atoms with Gasteiger partial charge in [0.05, 0.1) is 31.3 Å². The molecular formula is C20H23N2O4PS. The van der Waals surface area contributed by atoms with E-state index in [9.17, 15) is 4.57 Å². The Morgan fingerprint density at radius 2 is 2.18 bits per heavy atom. The number of aromatic nitrogens is 2. The SMILES string of the molecule is COc1ccc2cc(C(COc3cnc(C)cn3)P3(=O)CC[C@@H](C)O3)sc2c1. The van der Waals surface area contributed by atoms with Crippen molar-refractivity contribution in [3.8, 4) is 11.6 Å². The molecule has 1 fully saturated rings. The molecule has 0 radical (unpaired) electrons. The fraction of sp³-hybridized carbons (Fsp3) is 0.400. The van der Waals surface area contributed by atoms with E-state index in [4.69, 9.17) is 14.0 Å². The zero-order valence-corrected chi connectivity index (χ0v) is 17.8. The fourth-order valence-corrected chi connectivity index (χ4v) is 7.80. The molecule has 0 aliphatic carbocycles. The minimum absolute atomic E-state index is 0.00183. The molecule has 3 heterocycles. The first-order valence-electron chi connectivity index (χ1n) is 9.23. The Kier molecular flexibility index (Phi) is 5.41. The van der Waals surface area contributed by atoms with E-state index in [-0.39, 0.29) is 18.4 Å². The van der Waals surface area contributed by atoms with Gasteiger partial charge >= 0.3 is 0 Å². The molecule has 148 valence electrons. The van der Waals surface area contributed by atoms with E-state index in [1.165, 1.54) is 0 Å². The summed E-state index contributed by atoms with van der Waals surface area (Å²) >= 11 is 1.61. The first-order chi connectivity index (χ1) is 13.5. The monoisotopic (exact) mass is 418 g/mol. The summed E-state index contributed by atoms with van der Waals surface area (Å²) in [6.45, 7) is 4.08. The molecule has 0 N–H and O–H groups in total. The number of hydrogen-bond acceptors (Lipinski definition) is 7. The highest BCUT2D eigenvalue weighted by molar-refractivity contribution is 7.60. The smallest absolute Gasteiger partial charge is 0.232 e. The average molecular weight is 418 g/mol. The third-order valence-corrected chi connectivity index (χ3v) is 9.26. The Balaban J connectivity index is 1.66. The average Bonchev–Trinajstić information content (AvgIpc) is 3.25. The number of methoxy groups -OCH3 is 1. The van der Waals surface area contributed by atoms with Crippen molar-refractivity contribution >= 4 is 28.8 Å². The number of benzene rings is 1. The topological polar surface area (TPSA) is 70.5 Å². The van der Waals surface area contributed by atoms with Crippen molar-refractivity contribution in [2.24, 2.45) is 0 Å². The minimum Gasteiger partial charge on any atom is -0.497 e. The number of ether oxygens (including phenoxy) is 2. The van der Waals surface area contributed by atoms with Crippen LogP contribution in [-0.4, -0.2) is 36.0 Å². The van der Waals surface area contributed by atoms with Crippen LogP contribution in [0, 0.1) is 6.92 Å². The normalized spacial score (nSPS) is 23.0. The van der Waals surface area contributed by atoms with Gasteiger partial charge in [0.15, 0.2) is 0 Å². The van der Waals surface area contributed by atoms with E-state index in [1.807, 2.05) is 32.0 Å². The lowest BCUT2D eigenvalue weighted by Crippen LogP contribution is -2.12. The second-order valence-electron chi connectivity index (χ2n) is 7.03. The van der Waals surface area contributed by atoms with Crippen molar-refractivity contribution in [1.29, 1.82) is 0 Å². The van der Waals surface area contributed by atoms with Crippen LogP contribution in [0.15, 0.2) is 36.7 Å². The molecule has 4 rings (SSSR count). The number of fused-ring (bicyclic) bond motifs is 1. The van der Waals surface area contributed by atoms with E-state index in [2.05, 4.69) is 16.0 Å². The van der Waals surface area contributed by atoms with E-state index >= 15 is 0 Å². The second kappa shape index (κ2) is 7.82. The molecule has 0 bridgehead atoms. The van der Waals surface area contributed by atoms with Crippen molar-refractivity contribution in [1.82, 2.24) is 9.97 Å². The molecule has 28 heavy (non-hydrogen) atoms. The van der Waals surface area contributed by atoms with Crippen LogP contribution in [0.25, 0.3) is 10.1 Å². The van der Waals surface area contributed by atoms with E-state index in [0.29, 0.717) is 12.0 Å². The lowest BCUT2D eigenvalue weighted by Gasteiger charge is -2.23. The largest absolute Gasteiger partial charge is 0.497 e. The summed E-state index contributed by atoms with van der Waals surface area (Å²) in [7, 11) is -1.22. The lowest BCUT2D eigenvalue weighted by molar-refractivity contribution is 0.238. The van der Waals surface area contributed by atoms with Crippen LogP contribution in [0.3, 0.4) is 0 Å². The van der Waals surface area contributed by atoms with Gasteiger partial charge in [0.2, 0.25) is 13.2 Å². The Morgan fingerprint density at radius 3 is 2.86 bits per heavy atom. The van der Waals surface area contributed by atoms with Gasteiger partial charge in [-0.25, -0.2) is 4.98 Å². The third-order valence-electron chi connectivity index (χ3n) is 4.90. The molecule has 3 aromatic rings. The summed E-state index contributed by atoms with van der Waals surface area (Å²) in [5.41, 5.74) is 0.493. The lowest BCUT2D eigenvalue weighted by atomic mass is 10.2. The molecular weight excluding hydrogens is 395 g/mol. The quantitative estimate of drug-likeness (QED) is 0.512. The maximum absolute atomic E-state index is 13.6. The molecule has 1 aliphatic rings. The molecule has 8 heteroatoms. The summed E-state index contributed by atoms with van der Waals surface area (Å²) < 4.78 is 31.9. The van der Waals surface area contributed by atoms with Gasteiger partial charge in [-0.15, -0.1) is 11.3 Å². The summed E-state index contributed by atoms with van der Waals surface area (Å²) in [5, 5.41) is 1.10. The van der Waals surface area contributed by atoms with Crippen molar-refractivity contribution < 1.29 is 18.6 Å². The first kappa shape index (κ1) is 19.4. The maximum atomic E-state index is 13.6. The number of hydrogen-bond donors (Lipinski definition) is 0. The van der Waals surface area contributed by atoms with Crippen molar-refractivity contribution in [3.05, 3.63) is 47.2 Å². The highest BCUT2D eigenvalue weighted by Crippen LogP contribution is 2.65. The van der Waals surface area contributed by atoms with Crippen LogP contribution in [0.1, 0.15) is 29.6 Å². The summed E-state index contributed by atoms with van der Waals surface area (Å²) in [5.74, 6) is 1.23. The summed E-state index contributed by atoms with van der Waals surface area (Å²) in [4.78, 5) is 9.46. The van der Waals surface area contributed by atoms with Crippen LogP contribution < -0.4 is 9.47 Å². The number of nitrogens with zero attached hydrogens (tertiary/aromatic N) is 2. The van der Waals surface area contributed by atoms with Crippen LogP contribution in [0.2, 0.25) is 0 Å². The standard InChI is InChI=1S/C20H23N2O4PS/c1-13-10-22-20(11-21-13)25-12-17(27(23)7-6-14(2)26-27)19-8-15-4-5-16(24-3)9-18(15)28-19/h4-5,8-11,14,17H,6-7,12H2,1-3H3/t14-,17?,27?/m1/s1. The Bertz CT molecular complexity index is 1020. The van der Waals surface area contributed by atoms with Crippen LogP contribution in [0.5, 0.6) is 11.6 Å². The van der Waals surface area contributed by atoms with E-state index in [1.54, 1.807) is 30.8 Å². The molecule has 0 saturated carbocycles. The van der Waals surface area contributed by atoms with Crippen LogP contribution >= 0.6 is 18.7 Å². The van der Waals surface area contributed by atoms with Gasteiger partial charge in [-0.1, -0.05) is 0 Å². The maximum Gasteiger partial charge on any atom is 0.232 e. The first-order valence-corrected chi connectivity index (χ1v) is 11.9. The molecule has 1 aromatic carbocycles. The number of rotatable bonds is 6. The highest BCUT2D eigenvalue weighted by Gasteiger charge is 2.42. The molecule has 0 amide bonds. The molecule has 3 atom stereocenters. The zero-order valence-electron chi connectivity index (χ0n) is 16.1. The zero-order chi connectivity index (χ0) is 19.7.